The van der Waals surface area contributed by atoms with E-state index in [1.54, 1.807) is 0 Å². The zero-order valence-corrected chi connectivity index (χ0v) is 25.9. The molecule has 0 aliphatic carbocycles. The third-order valence-electron chi connectivity index (χ3n) is 9.05. The summed E-state index contributed by atoms with van der Waals surface area (Å²) in [5.41, 5.74) is 8.27. The Balaban J connectivity index is 1.22. The van der Waals surface area contributed by atoms with E-state index in [2.05, 4.69) is 181 Å². The lowest BCUT2D eigenvalue weighted by atomic mass is 9.97. The molecule has 0 aliphatic heterocycles. The molecule has 9 aromatic rings. The molecule has 46 heavy (non-hydrogen) atoms. The SMILES string of the molecule is c1ccc(N(c2ccc(-c3cccc4ccccc34)cc2)c2ccc3ccccc3c2)c(-c2ccc3sc4ccccc4c3c2)c1. The summed E-state index contributed by atoms with van der Waals surface area (Å²) in [5, 5.41) is 7.61. The van der Waals surface area contributed by atoms with E-state index < -0.39 is 0 Å². The average Bonchev–Trinajstić information content (AvgIpc) is 3.50. The lowest BCUT2D eigenvalue weighted by Gasteiger charge is -2.28. The summed E-state index contributed by atoms with van der Waals surface area (Å²) in [4.78, 5) is 2.41. The van der Waals surface area contributed by atoms with E-state index in [1.807, 2.05) is 11.3 Å². The van der Waals surface area contributed by atoms with Crippen LogP contribution < -0.4 is 4.90 Å². The predicted molar refractivity (Wildman–Crippen MR) is 200 cm³/mol. The van der Waals surface area contributed by atoms with Crippen LogP contribution in [-0.4, -0.2) is 0 Å². The minimum Gasteiger partial charge on any atom is -0.310 e. The van der Waals surface area contributed by atoms with Crippen molar-refractivity contribution in [1.29, 1.82) is 0 Å². The monoisotopic (exact) mass is 603 g/mol. The van der Waals surface area contributed by atoms with Crippen LogP contribution in [-0.2, 0) is 0 Å². The van der Waals surface area contributed by atoms with Gasteiger partial charge in [-0.1, -0.05) is 127 Å². The first-order valence-electron chi connectivity index (χ1n) is 15.7. The van der Waals surface area contributed by atoms with Gasteiger partial charge in [-0.05, 0) is 86.8 Å². The van der Waals surface area contributed by atoms with E-state index in [1.165, 1.54) is 64.0 Å². The fraction of sp³-hybridized carbons (Fsp3) is 0. The number of para-hydroxylation sites is 1. The van der Waals surface area contributed by atoms with Gasteiger partial charge in [0.2, 0.25) is 0 Å². The summed E-state index contributed by atoms with van der Waals surface area (Å²) in [6, 6.07) is 64.0. The van der Waals surface area contributed by atoms with E-state index in [4.69, 9.17) is 0 Å². The molecule has 2 heteroatoms. The fourth-order valence-electron chi connectivity index (χ4n) is 6.82. The quantitative estimate of drug-likeness (QED) is 0.189. The number of fused-ring (bicyclic) bond motifs is 5. The molecule has 0 N–H and O–H groups in total. The largest absolute Gasteiger partial charge is 0.310 e. The summed E-state index contributed by atoms with van der Waals surface area (Å²) in [7, 11) is 0. The van der Waals surface area contributed by atoms with Gasteiger partial charge >= 0.3 is 0 Å². The van der Waals surface area contributed by atoms with E-state index in [0.717, 1.165) is 17.1 Å². The highest BCUT2D eigenvalue weighted by atomic mass is 32.1. The summed E-state index contributed by atoms with van der Waals surface area (Å²) in [5.74, 6) is 0. The number of rotatable bonds is 5. The molecule has 0 amide bonds. The Hall–Kier alpha value is -5.70. The van der Waals surface area contributed by atoms with Crippen LogP contribution in [0.25, 0.3) is 64.0 Å². The third kappa shape index (κ3) is 4.54. The molecule has 9 rings (SSSR count). The molecule has 0 spiro atoms. The molecule has 0 unspecified atom stereocenters. The van der Waals surface area contributed by atoms with Crippen molar-refractivity contribution in [2.75, 3.05) is 4.90 Å². The summed E-state index contributed by atoms with van der Waals surface area (Å²) in [6.07, 6.45) is 0. The number of benzene rings is 8. The van der Waals surface area contributed by atoms with Gasteiger partial charge in [-0.3, -0.25) is 0 Å². The van der Waals surface area contributed by atoms with Gasteiger partial charge < -0.3 is 4.90 Å². The number of nitrogens with zero attached hydrogens (tertiary/aromatic N) is 1. The van der Waals surface area contributed by atoms with Crippen LogP contribution in [0.3, 0.4) is 0 Å². The molecule has 0 aliphatic rings. The Morgan fingerprint density at radius 3 is 1.87 bits per heavy atom. The number of thiophene rings is 1. The molecule has 1 aromatic heterocycles. The van der Waals surface area contributed by atoms with Crippen molar-refractivity contribution < 1.29 is 0 Å². The van der Waals surface area contributed by atoms with Gasteiger partial charge in [0.05, 0.1) is 5.69 Å². The predicted octanol–water partition coefficient (Wildman–Crippen LogP) is 13.2. The van der Waals surface area contributed by atoms with Gasteiger partial charge in [0, 0.05) is 37.1 Å². The molecule has 0 bridgehead atoms. The second-order valence-corrected chi connectivity index (χ2v) is 12.9. The maximum absolute atomic E-state index is 2.41. The van der Waals surface area contributed by atoms with Gasteiger partial charge in [-0.2, -0.15) is 0 Å². The molecule has 1 heterocycles. The summed E-state index contributed by atoms with van der Waals surface area (Å²) >= 11 is 1.86. The maximum Gasteiger partial charge on any atom is 0.0540 e. The van der Waals surface area contributed by atoms with Crippen LogP contribution in [0.15, 0.2) is 176 Å². The van der Waals surface area contributed by atoms with Crippen LogP contribution in [0.5, 0.6) is 0 Å². The normalized spacial score (nSPS) is 11.5. The molecule has 0 atom stereocenters. The van der Waals surface area contributed by atoms with Crippen LogP contribution in [0.1, 0.15) is 0 Å². The van der Waals surface area contributed by atoms with Crippen molar-refractivity contribution >= 4 is 70.1 Å². The number of anilines is 3. The standard InChI is InChI=1S/C44H29NS/c1-2-12-33-28-36(26-20-30(33)10-1)45(35-24-21-32(22-25-35)38-17-9-13-31-11-3-4-14-37(31)38)42-18-7-5-15-39(42)34-23-27-44-41(29-34)40-16-6-8-19-43(40)46-44/h1-29H. The Bertz CT molecular complexity index is 2530. The summed E-state index contributed by atoms with van der Waals surface area (Å²) in [6.45, 7) is 0. The van der Waals surface area contributed by atoms with Crippen LogP contribution in [0.2, 0.25) is 0 Å². The van der Waals surface area contributed by atoms with Crippen LogP contribution >= 0.6 is 11.3 Å². The second kappa shape index (κ2) is 11.0. The number of hydrogen-bond acceptors (Lipinski definition) is 2. The summed E-state index contributed by atoms with van der Waals surface area (Å²) < 4.78 is 2.64. The molecular weight excluding hydrogens is 575 g/mol. The third-order valence-corrected chi connectivity index (χ3v) is 10.2. The maximum atomic E-state index is 2.41. The molecule has 1 nitrogen and oxygen atoms in total. The van der Waals surface area contributed by atoms with Crippen molar-refractivity contribution in [1.82, 2.24) is 0 Å². The molecule has 216 valence electrons. The first kappa shape index (κ1) is 26.7. The minimum atomic E-state index is 1.12. The Morgan fingerprint density at radius 1 is 0.348 bits per heavy atom. The van der Waals surface area contributed by atoms with E-state index in [9.17, 15) is 0 Å². The lowest BCUT2D eigenvalue weighted by molar-refractivity contribution is 1.29. The molecule has 0 saturated carbocycles. The van der Waals surface area contributed by atoms with Crippen LogP contribution in [0.4, 0.5) is 17.1 Å². The first-order valence-corrected chi connectivity index (χ1v) is 16.5. The zero-order valence-electron chi connectivity index (χ0n) is 25.1. The molecule has 0 radical (unpaired) electrons. The van der Waals surface area contributed by atoms with Crippen molar-refractivity contribution in [3.63, 3.8) is 0 Å². The first-order chi connectivity index (χ1) is 22.8. The van der Waals surface area contributed by atoms with Gasteiger partial charge in [0.1, 0.15) is 0 Å². The lowest BCUT2D eigenvalue weighted by Crippen LogP contribution is -2.11. The topological polar surface area (TPSA) is 3.24 Å². The number of hydrogen-bond donors (Lipinski definition) is 0. The van der Waals surface area contributed by atoms with E-state index in [-0.39, 0.29) is 0 Å². The van der Waals surface area contributed by atoms with Crippen molar-refractivity contribution in [2.24, 2.45) is 0 Å². The smallest absolute Gasteiger partial charge is 0.0540 e. The van der Waals surface area contributed by atoms with E-state index >= 15 is 0 Å². The van der Waals surface area contributed by atoms with Crippen molar-refractivity contribution in [3.8, 4) is 22.3 Å². The van der Waals surface area contributed by atoms with Crippen LogP contribution in [0, 0.1) is 0 Å². The fourth-order valence-corrected chi connectivity index (χ4v) is 7.90. The average molecular weight is 604 g/mol. The zero-order chi connectivity index (χ0) is 30.5. The Kier molecular flexibility index (Phi) is 6.40. The second-order valence-electron chi connectivity index (χ2n) is 11.8. The molecule has 8 aromatic carbocycles. The van der Waals surface area contributed by atoms with Gasteiger partial charge in [0.25, 0.3) is 0 Å². The molecule has 0 saturated heterocycles. The Labute approximate surface area is 272 Å². The molecule has 0 fully saturated rings. The van der Waals surface area contributed by atoms with Gasteiger partial charge in [-0.25, -0.2) is 0 Å². The molecular formula is C44H29NS. The minimum absolute atomic E-state index is 1.12. The highest BCUT2D eigenvalue weighted by Crippen LogP contribution is 2.44. The van der Waals surface area contributed by atoms with Crippen molar-refractivity contribution in [3.05, 3.63) is 176 Å². The van der Waals surface area contributed by atoms with Gasteiger partial charge in [-0.15, -0.1) is 11.3 Å². The Morgan fingerprint density at radius 2 is 0.978 bits per heavy atom. The van der Waals surface area contributed by atoms with Gasteiger partial charge in [0.15, 0.2) is 0 Å². The highest BCUT2D eigenvalue weighted by Gasteiger charge is 2.18. The highest BCUT2D eigenvalue weighted by molar-refractivity contribution is 7.25. The van der Waals surface area contributed by atoms with E-state index in [0.29, 0.717) is 0 Å². The van der Waals surface area contributed by atoms with Crippen molar-refractivity contribution in [2.45, 2.75) is 0 Å².